The SMILES string of the molecule is CC1CCOC1/C=C/CCOc1cccc(Cl)c1. The molecule has 2 rings (SSSR count). The highest BCUT2D eigenvalue weighted by atomic mass is 35.5. The van der Waals surface area contributed by atoms with Gasteiger partial charge >= 0.3 is 0 Å². The summed E-state index contributed by atoms with van der Waals surface area (Å²) in [6.07, 6.45) is 6.62. The van der Waals surface area contributed by atoms with Gasteiger partial charge in [0.2, 0.25) is 0 Å². The third-order valence-electron chi connectivity index (χ3n) is 3.12. The number of hydrogen-bond donors (Lipinski definition) is 0. The average molecular weight is 267 g/mol. The van der Waals surface area contributed by atoms with Crippen LogP contribution in [0.2, 0.25) is 5.02 Å². The third kappa shape index (κ3) is 4.04. The van der Waals surface area contributed by atoms with Crippen molar-refractivity contribution in [3.05, 3.63) is 41.4 Å². The molecule has 2 atom stereocenters. The topological polar surface area (TPSA) is 18.5 Å². The Labute approximate surface area is 114 Å². The predicted molar refractivity (Wildman–Crippen MR) is 74.2 cm³/mol. The van der Waals surface area contributed by atoms with Gasteiger partial charge in [0, 0.05) is 11.6 Å². The first kappa shape index (κ1) is 13.4. The van der Waals surface area contributed by atoms with Crippen LogP contribution in [0, 0.1) is 5.92 Å². The minimum atomic E-state index is 0.288. The van der Waals surface area contributed by atoms with Crippen molar-refractivity contribution in [2.75, 3.05) is 13.2 Å². The summed E-state index contributed by atoms with van der Waals surface area (Å²) in [6, 6.07) is 7.47. The molecule has 1 heterocycles. The van der Waals surface area contributed by atoms with Crippen LogP contribution in [0.5, 0.6) is 5.75 Å². The van der Waals surface area contributed by atoms with Gasteiger partial charge in [0.1, 0.15) is 5.75 Å². The first-order valence-corrected chi connectivity index (χ1v) is 6.80. The van der Waals surface area contributed by atoms with Crippen LogP contribution in [-0.2, 0) is 4.74 Å². The molecule has 0 radical (unpaired) electrons. The molecule has 1 fully saturated rings. The van der Waals surface area contributed by atoms with Gasteiger partial charge in [-0.3, -0.25) is 0 Å². The van der Waals surface area contributed by atoms with Gasteiger partial charge in [-0.1, -0.05) is 36.7 Å². The Morgan fingerprint density at radius 1 is 1.50 bits per heavy atom. The van der Waals surface area contributed by atoms with Gasteiger partial charge in [-0.25, -0.2) is 0 Å². The van der Waals surface area contributed by atoms with Gasteiger partial charge in [-0.05, 0) is 37.0 Å². The van der Waals surface area contributed by atoms with E-state index in [1.807, 2.05) is 24.3 Å². The molecule has 3 heteroatoms. The van der Waals surface area contributed by atoms with Crippen LogP contribution in [0.4, 0.5) is 0 Å². The highest BCUT2D eigenvalue weighted by Gasteiger charge is 2.20. The molecule has 0 bridgehead atoms. The van der Waals surface area contributed by atoms with Crippen molar-refractivity contribution >= 4 is 11.6 Å². The third-order valence-corrected chi connectivity index (χ3v) is 3.35. The van der Waals surface area contributed by atoms with Crippen molar-refractivity contribution in [3.8, 4) is 5.75 Å². The van der Waals surface area contributed by atoms with Crippen molar-refractivity contribution in [1.82, 2.24) is 0 Å². The van der Waals surface area contributed by atoms with Gasteiger partial charge in [-0.15, -0.1) is 0 Å². The summed E-state index contributed by atoms with van der Waals surface area (Å²) in [4.78, 5) is 0. The van der Waals surface area contributed by atoms with Crippen molar-refractivity contribution in [1.29, 1.82) is 0 Å². The summed E-state index contributed by atoms with van der Waals surface area (Å²) in [5.41, 5.74) is 0. The van der Waals surface area contributed by atoms with E-state index < -0.39 is 0 Å². The van der Waals surface area contributed by atoms with E-state index in [0.717, 1.165) is 25.2 Å². The Hall–Kier alpha value is -0.990. The van der Waals surface area contributed by atoms with Gasteiger partial charge in [0.15, 0.2) is 0 Å². The minimum Gasteiger partial charge on any atom is -0.493 e. The van der Waals surface area contributed by atoms with E-state index in [-0.39, 0.29) is 6.10 Å². The molecule has 1 aliphatic heterocycles. The molecule has 0 aromatic heterocycles. The average Bonchev–Trinajstić information content (AvgIpc) is 2.75. The highest BCUT2D eigenvalue weighted by molar-refractivity contribution is 6.30. The highest BCUT2D eigenvalue weighted by Crippen LogP contribution is 2.21. The van der Waals surface area contributed by atoms with E-state index in [1.54, 1.807) is 0 Å². The van der Waals surface area contributed by atoms with E-state index in [9.17, 15) is 0 Å². The fourth-order valence-electron chi connectivity index (χ4n) is 2.00. The molecule has 1 aromatic carbocycles. The maximum atomic E-state index is 5.88. The maximum absolute atomic E-state index is 5.88. The molecule has 1 aromatic rings. The Morgan fingerprint density at radius 3 is 3.11 bits per heavy atom. The molecule has 18 heavy (non-hydrogen) atoms. The Bertz CT molecular complexity index is 403. The first-order chi connectivity index (χ1) is 8.75. The van der Waals surface area contributed by atoms with Crippen molar-refractivity contribution in [2.24, 2.45) is 5.92 Å². The van der Waals surface area contributed by atoms with Crippen LogP contribution >= 0.6 is 11.6 Å². The van der Waals surface area contributed by atoms with Crippen LogP contribution in [-0.4, -0.2) is 19.3 Å². The summed E-state index contributed by atoms with van der Waals surface area (Å²) in [6.45, 7) is 3.78. The molecule has 0 aliphatic carbocycles. The summed E-state index contributed by atoms with van der Waals surface area (Å²) < 4.78 is 11.2. The molecule has 2 nitrogen and oxygen atoms in total. The molecule has 98 valence electrons. The van der Waals surface area contributed by atoms with Crippen molar-refractivity contribution < 1.29 is 9.47 Å². The van der Waals surface area contributed by atoms with Crippen LogP contribution in [0.3, 0.4) is 0 Å². The Morgan fingerprint density at radius 2 is 2.39 bits per heavy atom. The Kier molecular flexibility index (Phi) is 5.09. The monoisotopic (exact) mass is 266 g/mol. The minimum absolute atomic E-state index is 0.288. The summed E-state index contributed by atoms with van der Waals surface area (Å²) >= 11 is 5.88. The van der Waals surface area contributed by atoms with Crippen molar-refractivity contribution in [2.45, 2.75) is 25.9 Å². The van der Waals surface area contributed by atoms with E-state index in [1.165, 1.54) is 0 Å². The zero-order valence-electron chi connectivity index (χ0n) is 10.6. The molecule has 0 N–H and O–H groups in total. The molecular weight excluding hydrogens is 248 g/mol. The summed E-state index contributed by atoms with van der Waals surface area (Å²) in [7, 11) is 0. The predicted octanol–water partition coefficient (Wildman–Crippen LogP) is 4.09. The lowest BCUT2D eigenvalue weighted by atomic mass is 10.0. The van der Waals surface area contributed by atoms with E-state index in [2.05, 4.69) is 19.1 Å². The van der Waals surface area contributed by atoms with Gasteiger partial charge in [0.25, 0.3) is 0 Å². The zero-order chi connectivity index (χ0) is 12.8. The lowest BCUT2D eigenvalue weighted by Crippen LogP contribution is -2.09. The molecular formula is C15H19ClO2. The molecule has 1 aliphatic rings. The summed E-state index contributed by atoms with van der Waals surface area (Å²) in [5, 5.41) is 0.705. The second-order valence-electron chi connectivity index (χ2n) is 4.62. The smallest absolute Gasteiger partial charge is 0.120 e. The van der Waals surface area contributed by atoms with E-state index >= 15 is 0 Å². The lowest BCUT2D eigenvalue weighted by Gasteiger charge is -2.08. The van der Waals surface area contributed by atoms with Crippen LogP contribution in [0.25, 0.3) is 0 Å². The fraction of sp³-hybridized carbons (Fsp3) is 0.467. The molecule has 0 spiro atoms. The largest absolute Gasteiger partial charge is 0.493 e. The van der Waals surface area contributed by atoms with Crippen LogP contribution in [0.15, 0.2) is 36.4 Å². The van der Waals surface area contributed by atoms with Gasteiger partial charge in [0.05, 0.1) is 12.7 Å². The van der Waals surface area contributed by atoms with Gasteiger partial charge < -0.3 is 9.47 Å². The second kappa shape index (κ2) is 6.81. The van der Waals surface area contributed by atoms with Crippen LogP contribution < -0.4 is 4.74 Å². The standard InChI is InChI=1S/C15H19ClO2/c1-12-8-10-18-15(12)7-2-3-9-17-14-6-4-5-13(16)11-14/h2,4-7,11-12,15H,3,8-10H2,1H3/b7-2+. The number of ether oxygens (including phenoxy) is 2. The van der Waals surface area contributed by atoms with Crippen LogP contribution in [0.1, 0.15) is 19.8 Å². The van der Waals surface area contributed by atoms with E-state index in [0.29, 0.717) is 17.5 Å². The van der Waals surface area contributed by atoms with E-state index in [4.69, 9.17) is 21.1 Å². The molecule has 0 saturated carbocycles. The molecule has 0 amide bonds. The number of halogens is 1. The lowest BCUT2D eigenvalue weighted by molar-refractivity contribution is 0.131. The Balaban J connectivity index is 1.68. The molecule has 2 unspecified atom stereocenters. The summed E-state index contributed by atoms with van der Waals surface area (Å²) in [5.74, 6) is 1.46. The molecule has 1 saturated heterocycles. The quantitative estimate of drug-likeness (QED) is 0.590. The number of hydrogen-bond acceptors (Lipinski definition) is 2. The maximum Gasteiger partial charge on any atom is 0.120 e. The van der Waals surface area contributed by atoms with Crippen molar-refractivity contribution in [3.63, 3.8) is 0 Å². The number of rotatable bonds is 5. The number of benzene rings is 1. The van der Waals surface area contributed by atoms with Gasteiger partial charge in [-0.2, -0.15) is 0 Å². The normalized spacial score (nSPS) is 23.7. The zero-order valence-corrected chi connectivity index (χ0v) is 11.4. The fourth-order valence-corrected chi connectivity index (χ4v) is 2.18. The first-order valence-electron chi connectivity index (χ1n) is 6.42. The second-order valence-corrected chi connectivity index (χ2v) is 5.06.